The quantitative estimate of drug-likeness (QED) is 0.203. The first-order chi connectivity index (χ1) is 22.4. The van der Waals surface area contributed by atoms with Crippen molar-refractivity contribution in [1.29, 1.82) is 0 Å². The largest absolute Gasteiger partial charge is 0.373 e. The third kappa shape index (κ3) is 5.89. The van der Waals surface area contributed by atoms with Crippen molar-refractivity contribution in [2.24, 2.45) is 0 Å². The summed E-state index contributed by atoms with van der Waals surface area (Å²) in [5.74, 6) is 0.0732. The highest BCUT2D eigenvalue weighted by molar-refractivity contribution is 6.39. The highest BCUT2D eigenvalue weighted by Gasteiger charge is 2.21. The minimum atomic E-state index is -0.136. The number of hydrogen-bond donors (Lipinski definition) is 3. The zero-order valence-corrected chi connectivity index (χ0v) is 27.0. The van der Waals surface area contributed by atoms with Gasteiger partial charge in [-0.3, -0.25) is 14.0 Å². The van der Waals surface area contributed by atoms with Crippen molar-refractivity contribution in [2.75, 3.05) is 31.6 Å². The molecule has 0 saturated carbocycles. The van der Waals surface area contributed by atoms with E-state index >= 15 is 0 Å². The molecule has 1 fully saturated rings. The van der Waals surface area contributed by atoms with Gasteiger partial charge in [0.25, 0.3) is 5.56 Å². The molecule has 2 aromatic heterocycles. The van der Waals surface area contributed by atoms with Gasteiger partial charge in [0, 0.05) is 98.1 Å². The number of likely N-dealkylation sites (N-methyl/N-ethyl adjacent to an activating group) is 1. The summed E-state index contributed by atoms with van der Waals surface area (Å²) in [6.07, 6.45) is 4.70. The molecule has 1 atom stereocenters. The van der Waals surface area contributed by atoms with Crippen LogP contribution in [0.2, 0.25) is 10.0 Å². The lowest BCUT2D eigenvalue weighted by Crippen LogP contribution is -2.36. The summed E-state index contributed by atoms with van der Waals surface area (Å²) in [4.78, 5) is 31.5. The van der Waals surface area contributed by atoms with Gasteiger partial charge in [-0.1, -0.05) is 71.7 Å². The molecule has 0 spiro atoms. The summed E-state index contributed by atoms with van der Waals surface area (Å²) in [5, 5.41) is 10.9. The maximum Gasteiger partial charge on any atom is 0.262 e. The first kappa shape index (κ1) is 30.4. The Labute approximate surface area is 277 Å². The van der Waals surface area contributed by atoms with Crippen LogP contribution in [-0.2, 0) is 17.9 Å². The Balaban J connectivity index is 1.17. The monoisotopic (exact) mass is 652 g/mol. The number of rotatable bonds is 7. The maximum absolute atomic E-state index is 13.2. The fraction of sp³-hybridized carbons (Fsp3) is 0.250. The molecule has 1 amide bonds. The lowest BCUT2D eigenvalue weighted by molar-refractivity contribution is -0.119. The maximum atomic E-state index is 13.2. The number of aromatic nitrogens is 2. The Hall–Kier alpha value is -4.21. The molecule has 3 aromatic carbocycles. The van der Waals surface area contributed by atoms with Crippen molar-refractivity contribution in [2.45, 2.75) is 32.0 Å². The number of halogens is 2. The number of hydrogen-bond acceptors (Lipinski definition) is 6. The molecule has 5 aromatic rings. The van der Waals surface area contributed by atoms with Gasteiger partial charge in [-0.05, 0) is 41.3 Å². The van der Waals surface area contributed by atoms with Crippen LogP contribution in [-0.4, -0.2) is 48.0 Å². The molecule has 2 aliphatic heterocycles. The van der Waals surface area contributed by atoms with Crippen LogP contribution in [0.5, 0.6) is 0 Å². The SMILES string of the molecule is CN1CCNCc2ccc(-c3cccc(-c4cccc(-c5ccn6c(=O)c(CNCC7CCC(=O)N7)cnc6c5)c4Cl)c3Cl)cc21. The topological polar surface area (TPSA) is 90.8 Å². The van der Waals surface area contributed by atoms with E-state index in [1.165, 1.54) is 11.3 Å². The van der Waals surface area contributed by atoms with Crippen molar-refractivity contribution < 1.29 is 4.79 Å². The first-order valence-electron chi connectivity index (χ1n) is 15.5. The second-order valence-corrected chi connectivity index (χ2v) is 12.7. The van der Waals surface area contributed by atoms with Crippen LogP contribution < -0.4 is 26.4 Å². The predicted octanol–water partition coefficient (Wildman–Crippen LogP) is 5.91. The van der Waals surface area contributed by atoms with Gasteiger partial charge in [-0.2, -0.15) is 0 Å². The van der Waals surface area contributed by atoms with Crippen LogP contribution >= 0.6 is 23.2 Å². The van der Waals surface area contributed by atoms with E-state index in [9.17, 15) is 9.59 Å². The predicted molar refractivity (Wildman–Crippen MR) is 186 cm³/mol. The molecule has 46 heavy (non-hydrogen) atoms. The van der Waals surface area contributed by atoms with Gasteiger partial charge in [0.15, 0.2) is 0 Å². The van der Waals surface area contributed by atoms with Crippen molar-refractivity contribution in [3.05, 3.63) is 111 Å². The second kappa shape index (κ2) is 12.9. The smallest absolute Gasteiger partial charge is 0.262 e. The van der Waals surface area contributed by atoms with Crippen molar-refractivity contribution in [3.8, 4) is 33.4 Å². The number of nitrogens with one attached hydrogen (secondary N) is 3. The van der Waals surface area contributed by atoms with Gasteiger partial charge in [-0.25, -0.2) is 4.98 Å². The summed E-state index contributed by atoms with van der Waals surface area (Å²) < 4.78 is 1.55. The Bertz CT molecular complexity index is 2030. The van der Waals surface area contributed by atoms with Crippen LogP contribution in [0.25, 0.3) is 39.0 Å². The highest BCUT2D eigenvalue weighted by atomic mass is 35.5. The van der Waals surface area contributed by atoms with E-state index in [4.69, 9.17) is 23.2 Å². The molecule has 10 heteroatoms. The van der Waals surface area contributed by atoms with E-state index in [2.05, 4.69) is 51.1 Å². The number of fused-ring (bicyclic) bond motifs is 2. The normalized spacial score (nSPS) is 16.4. The minimum Gasteiger partial charge on any atom is -0.373 e. The van der Waals surface area contributed by atoms with Gasteiger partial charge in [0.1, 0.15) is 5.65 Å². The van der Waals surface area contributed by atoms with Gasteiger partial charge in [0.2, 0.25) is 5.91 Å². The highest BCUT2D eigenvalue weighted by Crippen LogP contribution is 2.43. The van der Waals surface area contributed by atoms with E-state index in [0.29, 0.717) is 40.8 Å². The number of nitrogens with zero attached hydrogens (tertiary/aromatic N) is 3. The van der Waals surface area contributed by atoms with Gasteiger partial charge in [0.05, 0.1) is 10.0 Å². The molecule has 4 heterocycles. The Morgan fingerprint density at radius 3 is 2.37 bits per heavy atom. The molecular weight excluding hydrogens is 619 g/mol. The molecular formula is C36H34Cl2N6O2. The van der Waals surface area contributed by atoms with Crippen molar-refractivity contribution in [1.82, 2.24) is 25.3 Å². The van der Waals surface area contributed by atoms with Crippen LogP contribution in [0.3, 0.4) is 0 Å². The summed E-state index contributed by atoms with van der Waals surface area (Å²) in [6, 6.07) is 22.3. The Kier molecular flexibility index (Phi) is 8.53. The zero-order chi connectivity index (χ0) is 31.8. The average Bonchev–Trinajstić information content (AvgIpc) is 3.39. The summed E-state index contributed by atoms with van der Waals surface area (Å²) >= 11 is 14.2. The molecule has 1 unspecified atom stereocenters. The lowest BCUT2D eigenvalue weighted by atomic mass is 9.95. The lowest BCUT2D eigenvalue weighted by Gasteiger charge is -2.20. The number of amides is 1. The minimum absolute atomic E-state index is 0.0732. The summed E-state index contributed by atoms with van der Waals surface area (Å²) in [6.45, 7) is 3.70. The molecule has 0 bridgehead atoms. The van der Waals surface area contributed by atoms with Crippen LogP contribution in [0.15, 0.2) is 83.9 Å². The Morgan fingerprint density at radius 1 is 0.935 bits per heavy atom. The zero-order valence-electron chi connectivity index (χ0n) is 25.4. The van der Waals surface area contributed by atoms with E-state index in [1.54, 1.807) is 16.8 Å². The third-order valence-electron chi connectivity index (χ3n) is 8.92. The standard InChI is InChI=1S/C36H34Cl2N6O2/c1-43-15-13-39-18-24-9-8-22(16-31(24)43)27-4-2-6-29(34(27)37)30-7-3-5-28(35(30)38)23-12-14-44-32(17-23)41-20-25(36(44)46)19-40-21-26-10-11-33(45)42-26/h2-9,12,14,16-17,20,26,39-40H,10-11,13,15,18-19,21H2,1H3,(H,42,45). The number of benzene rings is 3. The fourth-order valence-corrected chi connectivity index (χ4v) is 7.04. The molecule has 7 rings (SSSR count). The second-order valence-electron chi connectivity index (χ2n) is 11.9. The first-order valence-corrected chi connectivity index (χ1v) is 16.3. The fourth-order valence-electron chi connectivity index (χ4n) is 6.37. The number of carbonyl (C=O) groups is 1. The van der Waals surface area contributed by atoms with Gasteiger partial charge in [-0.15, -0.1) is 0 Å². The molecule has 3 N–H and O–H groups in total. The molecule has 0 aliphatic carbocycles. The van der Waals surface area contributed by atoms with Crippen LogP contribution in [0.1, 0.15) is 24.0 Å². The van der Waals surface area contributed by atoms with Crippen molar-refractivity contribution >= 4 is 40.4 Å². The van der Waals surface area contributed by atoms with Crippen molar-refractivity contribution in [3.63, 3.8) is 0 Å². The van der Waals surface area contributed by atoms with Gasteiger partial charge < -0.3 is 20.9 Å². The van der Waals surface area contributed by atoms with Crippen LogP contribution in [0.4, 0.5) is 5.69 Å². The van der Waals surface area contributed by atoms with E-state index < -0.39 is 0 Å². The average molecular weight is 654 g/mol. The molecule has 8 nitrogen and oxygen atoms in total. The Morgan fingerprint density at radius 2 is 1.65 bits per heavy atom. The van der Waals surface area contributed by atoms with Crippen LogP contribution in [0, 0.1) is 0 Å². The number of pyridine rings is 1. The van der Waals surface area contributed by atoms with E-state index in [0.717, 1.165) is 59.4 Å². The van der Waals surface area contributed by atoms with Gasteiger partial charge >= 0.3 is 0 Å². The number of carbonyl (C=O) groups excluding carboxylic acids is 1. The number of anilines is 1. The molecule has 234 valence electrons. The summed E-state index contributed by atoms with van der Waals surface area (Å²) in [7, 11) is 2.12. The molecule has 1 saturated heterocycles. The van der Waals surface area contributed by atoms with E-state index in [1.807, 2.05) is 48.5 Å². The van der Waals surface area contributed by atoms with E-state index in [-0.39, 0.29) is 17.5 Å². The third-order valence-corrected chi connectivity index (χ3v) is 9.73. The molecule has 0 radical (unpaired) electrons. The summed E-state index contributed by atoms with van der Waals surface area (Å²) in [5.41, 5.74) is 8.76. The molecule has 2 aliphatic rings.